The summed E-state index contributed by atoms with van der Waals surface area (Å²) in [5.74, 6) is -2.38. The number of aryl methyl sites for hydroxylation is 1. The minimum Gasteiger partial charge on any atom is -0.494 e. The summed E-state index contributed by atoms with van der Waals surface area (Å²) in [5, 5.41) is 80.1. The molecule has 73 heavy (non-hydrogen) atoms. The number of hydrogen-bond acceptors (Lipinski definition) is 21. The Kier molecular flexibility index (Phi) is 20.2. The quantitative estimate of drug-likeness (QED) is 0.0880. The molecule has 18 atom stereocenters. The van der Waals surface area contributed by atoms with Gasteiger partial charge in [-0.3, -0.25) is 9.48 Å². The molecule has 3 aromatic rings. The lowest BCUT2D eigenvalue weighted by molar-refractivity contribution is -0.302. The van der Waals surface area contributed by atoms with Gasteiger partial charge in [0.05, 0.1) is 53.8 Å². The van der Waals surface area contributed by atoms with E-state index >= 15 is 0 Å². The molecule has 3 aliphatic heterocycles. The third-order valence-corrected chi connectivity index (χ3v) is 16.5. The molecular formula is C51H85N9O12S. The highest BCUT2D eigenvalue weighted by atomic mass is 32.1. The van der Waals surface area contributed by atoms with Gasteiger partial charge >= 0.3 is 5.97 Å². The number of nitrogens with zero attached hydrogens (tertiary/aromatic N) is 8. The molecule has 0 bridgehead atoms. The van der Waals surface area contributed by atoms with Crippen LogP contribution in [0, 0.1) is 23.7 Å². The number of nitrogens with one attached hydrogen (secondary N) is 1. The topological polar surface area (TPSA) is 261 Å². The summed E-state index contributed by atoms with van der Waals surface area (Å²) in [6.45, 7) is 20.1. The Labute approximate surface area is 435 Å². The van der Waals surface area contributed by atoms with Crippen LogP contribution in [0.5, 0.6) is 5.75 Å². The van der Waals surface area contributed by atoms with Gasteiger partial charge in [0.2, 0.25) is 5.13 Å². The van der Waals surface area contributed by atoms with Crippen LogP contribution in [0.2, 0.25) is 0 Å². The van der Waals surface area contributed by atoms with Gasteiger partial charge in [0, 0.05) is 87.4 Å². The van der Waals surface area contributed by atoms with Crippen LogP contribution in [0.1, 0.15) is 107 Å². The Morgan fingerprint density at radius 1 is 0.986 bits per heavy atom. The van der Waals surface area contributed by atoms with E-state index in [0.29, 0.717) is 50.6 Å². The van der Waals surface area contributed by atoms with Crippen LogP contribution in [0.3, 0.4) is 0 Å². The number of methoxy groups -OCH3 is 1. The zero-order valence-electron chi connectivity index (χ0n) is 45.2. The van der Waals surface area contributed by atoms with Crippen molar-refractivity contribution in [1.82, 2.24) is 39.6 Å². The average molecular weight is 1050 g/mol. The molecule has 0 amide bonds. The minimum absolute atomic E-state index is 0.170. The number of hydrogen-bond donors (Lipinski definition) is 6. The monoisotopic (exact) mass is 1050 g/mol. The van der Waals surface area contributed by atoms with Crippen molar-refractivity contribution in [3.63, 3.8) is 0 Å². The van der Waals surface area contributed by atoms with Crippen LogP contribution < -0.4 is 10.1 Å². The van der Waals surface area contributed by atoms with Crippen molar-refractivity contribution in [2.24, 2.45) is 23.7 Å². The Morgan fingerprint density at radius 3 is 2.36 bits per heavy atom. The average Bonchev–Trinajstić information content (AvgIpc) is 4.04. The summed E-state index contributed by atoms with van der Waals surface area (Å²) in [6, 6.07) is 6.62. The fourth-order valence-corrected chi connectivity index (χ4v) is 12.0. The normalized spacial score (nSPS) is 38.6. The Morgan fingerprint density at radius 2 is 1.70 bits per heavy atom. The van der Waals surface area contributed by atoms with Gasteiger partial charge in [-0.05, 0) is 116 Å². The molecule has 0 spiro atoms. The van der Waals surface area contributed by atoms with Gasteiger partial charge < -0.3 is 69.1 Å². The number of aliphatic hydroxyl groups is 5. The molecule has 3 aliphatic rings. The second-order valence-electron chi connectivity index (χ2n) is 22.0. The molecule has 2 aromatic heterocycles. The van der Waals surface area contributed by atoms with Gasteiger partial charge in [-0.1, -0.05) is 42.5 Å². The first-order valence-corrected chi connectivity index (χ1v) is 26.8. The third-order valence-electron chi connectivity index (χ3n) is 16.0. The number of aromatic nitrogens is 6. The van der Waals surface area contributed by atoms with Crippen LogP contribution in [-0.4, -0.2) is 196 Å². The summed E-state index contributed by atoms with van der Waals surface area (Å²) >= 11 is 1.18. The molecule has 5 heterocycles. The SMILES string of the molecule is CC[C@H]1OC(=O)[C@H](C)[C@@H](C2C[C@@](C)(OC)[C@@H](O)[C@H](C)O2)[C@H](C)[C@@H](O[C@@H]2O[C@H](C)C[C@H](N(C)CCc3cn(CCCOc4ccc(Nc5nnns5)cc4)nn3)[C@H]2O)[C@](C)(O)C[C@@H](C)CN(C)[C@H](C)[C@@H](O)[C@]1(C)O. The molecule has 0 saturated carbocycles. The fourth-order valence-electron chi connectivity index (χ4n) is 11.6. The van der Waals surface area contributed by atoms with Gasteiger partial charge in [-0.2, -0.15) is 0 Å². The number of ether oxygens (including phenoxy) is 6. The van der Waals surface area contributed by atoms with E-state index in [4.69, 9.17) is 28.4 Å². The number of likely N-dealkylation sites (N-methyl/N-ethyl adjacent to an activating group) is 2. The molecule has 21 nitrogen and oxygen atoms in total. The minimum atomic E-state index is -1.81. The molecule has 3 saturated heterocycles. The van der Waals surface area contributed by atoms with Crippen molar-refractivity contribution in [2.45, 2.75) is 198 Å². The van der Waals surface area contributed by atoms with Crippen LogP contribution in [-0.2, 0) is 41.4 Å². The maximum atomic E-state index is 14.6. The zero-order chi connectivity index (χ0) is 53.6. The molecule has 22 heteroatoms. The van der Waals surface area contributed by atoms with Crippen molar-refractivity contribution < 1.29 is 58.7 Å². The number of rotatable bonds is 16. The Bertz CT molecular complexity index is 2160. The van der Waals surface area contributed by atoms with E-state index in [2.05, 4.69) is 35.3 Å². The van der Waals surface area contributed by atoms with E-state index in [1.807, 2.05) is 84.1 Å². The Hall–Kier alpha value is -3.52. The molecule has 412 valence electrons. The van der Waals surface area contributed by atoms with Crippen molar-refractivity contribution in [3.8, 4) is 5.75 Å². The summed E-state index contributed by atoms with van der Waals surface area (Å²) < 4.78 is 43.7. The first-order valence-electron chi connectivity index (χ1n) is 26.0. The summed E-state index contributed by atoms with van der Waals surface area (Å²) in [7, 11) is 5.34. The predicted octanol–water partition coefficient (Wildman–Crippen LogP) is 3.84. The van der Waals surface area contributed by atoms with Crippen LogP contribution in [0.15, 0.2) is 30.5 Å². The summed E-state index contributed by atoms with van der Waals surface area (Å²) in [4.78, 5) is 18.6. The lowest BCUT2D eigenvalue weighted by atomic mass is 9.68. The highest BCUT2D eigenvalue weighted by molar-refractivity contribution is 7.09. The highest BCUT2D eigenvalue weighted by Crippen LogP contribution is 2.45. The van der Waals surface area contributed by atoms with Crippen LogP contribution >= 0.6 is 11.5 Å². The predicted molar refractivity (Wildman–Crippen MR) is 273 cm³/mol. The molecule has 6 rings (SSSR count). The van der Waals surface area contributed by atoms with Gasteiger partial charge in [0.1, 0.15) is 35.8 Å². The number of anilines is 2. The molecule has 1 aromatic carbocycles. The molecule has 1 unspecified atom stereocenters. The highest BCUT2D eigenvalue weighted by Gasteiger charge is 2.55. The number of carbonyl (C=O) groups excluding carboxylic acids is 1. The second-order valence-corrected chi connectivity index (χ2v) is 22.7. The lowest BCUT2D eigenvalue weighted by Gasteiger charge is -2.51. The molecule has 3 fully saturated rings. The maximum absolute atomic E-state index is 14.6. The van der Waals surface area contributed by atoms with Crippen molar-refractivity contribution >= 4 is 28.3 Å². The van der Waals surface area contributed by atoms with E-state index in [0.717, 1.165) is 17.1 Å². The molecular weight excluding hydrogens is 963 g/mol. The van der Waals surface area contributed by atoms with Gasteiger partial charge in [0.15, 0.2) is 6.29 Å². The summed E-state index contributed by atoms with van der Waals surface area (Å²) in [6.07, 6.45) is -4.10. The number of aliphatic hydroxyl groups excluding tert-OH is 3. The standard InChI is InChI=1S/C51H85N9O12S/c1-14-40-51(10,66)43(62)33(6)59(12)27-29(2)25-49(8,65)45(31(4)41(32(5)46(64)71-40)39-26-50(9,67-13)44(63)34(7)70-39)72-47-42(61)38(24-30(3)69-47)58(11)22-20-36-28-60(56-53-36)21-15-23-68-37-18-16-35(17-19-37)52-48-54-55-57-73-48/h16-19,28-34,38-45,47,61-63,65-66H,14-15,20-27H2,1-13H3,(H,52,54,57)/t29-,30-,31+,32-,33-,34+,38+,39?,40-,41+,42-,43-,44+,45-,47+,49-,50-,51-/m1/s1. The van der Waals surface area contributed by atoms with Crippen molar-refractivity contribution in [3.05, 3.63) is 36.2 Å². The zero-order valence-corrected chi connectivity index (χ0v) is 46.0. The van der Waals surface area contributed by atoms with E-state index in [1.165, 1.54) is 25.6 Å². The second kappa shape index (κ2) is 25.1. The summed E-state index contributed by atoms with van der Waals surface area (Å²) in [5.41, 5.74) is -2.79. The van der Waals surface area contributed by atoms with E-state index in [1.54, 1.807) is 32.4 Å². The molecule has 0 radical (unpaired) electrons. The van der Waals surface area contributed by atoms with E-state index in [-0.39, 0.29) is 31.3 Å². The largest absolute Gasteiger partial charge is 0.494 e. The van der Waals surface area contributed by atoms with Crippen LogP contribution in [0.25, 0.3) is 0 Å². The van der Waals surface area contributed by atoms with E-state index < -0.39 is 102 Å². The fraction of sp³-hybridized carbons (Fsp3) is 0.804. The van der Waals surface area contributed by atoms with Crippen molar-refractivity contribution in [2.75, 3.05) is 46.2 Å². The smallest absolute Gasteiger partial charge is 0.309 e. The van der Waals surface area contributed by atoms with Gasteiger partial charge in [-0.25, -0.2) is 0 Å². The first-order chi connectivity index (χ1) is 34.4. The number of esters is 1. The Balaban J connectivity index is 1.18. The maximum Gasteiger partial charge on any atom is 0.309 e. The van der Waals surface area contributed by atoms with Gasteiger partial charge in [-0.15, -0.1) is 5.10 Å². The third kappa shape index (κ3) is 14.3. The number of carbonyl (C=O) groups is 1. The van der Waals surface area contributed by atoms with Crippen LogP contribution in [0.4, 0.5) is 10.8 Å². The first kappa shape index (κ1) is 58.7. The number of cyclic esters (lactones) is 1. The molecule has 6 N–H and O–H groups in total. The lowest BCUT2D eigenvalue weighted by Crippen LogP contribution is -2.62. The number of benzene rings is 1. The van der Waals surface area contributed by atoms with E-state index in [9.17, 15) is 30.3 Å². The molecule has 0 aliphatic carbocycles. The van der Waals surface area contributed by atoms with Crippen molar-refractivity contribution in [1.29, 1.82) is 0 Å². The van der Waals surface area contributed by atoms with Gasteiger partial charge in [0.25, 0.3) is 0 Å².